The predicted octanol–water partition coefficient (Wildman–Crippen LogP) is 2.68. The van der Waals surface area contributed by atoms with Crippen molar-refractivity contribution < 1.29 is 9.90 Å². The number of allylic oxidation sites excluding steroid dienone is 1. The highest BCUT2D eigenvalue weighted by molar-refractivity contribution is 5.86. The van der Waals surface area contributed by atoms with Gasteiger partial charge in [0.15, 0.2) is 0 Å². The minimum absolute atomic E-state index is 0.115. The number of amides is 1. The van der Waals surface area contributed by atoms with Crippen molar-refractivity contribution >= 4 is 17.8 Å². The topological polar surface area (TPSA) is 73.7 Å². The highest BCUT2D eigenvalue weighted by Crippen LogP contribution is 2.21. The van der Waals surface area contributed by atoms with E-state index in [1.54, 1.807) is 12.1 Å². The van der Waals surface area contributed by atoms with Gasteiger partial charge in [-0.05, 0) is 30.2 Å². The summed E-state index contributed by atoms with van der Waals surface area (Å²) in [6, 6.07) is 14.8. The van der Waals surface area contributed by atoms with Crippen LogP contribution in [-0.2, 0) is 11.2 Å². The van der Waals surface area contributed by atoms with Crippen molar-refractivity contribution in [3.63, 3.8) is 0 Å². The Morgan fingerprint density at radius 3 is 2.70 bits per heavy atom. The number of carbonyl (C=O) groups excluding carboxylic acids is 1. The third kappa shape index (κ3) is 5.00. The number of phenolic OH excluding ortho intramolecular Hbond substituents is 1. The SMILES string of the molecule is C=CCc1cccc(/C=N/NC(=O)CNc2ccccc2)c1O. The second kappa shape index (κ2) is 8.38. The first kappa shape index (κ1) is 16.3. The van der Waals surface area contributed by atoms with E-state index in [1.165, 1.54) is 6.21 Å². The van der Waals surface area contributed by atoms with Gasteiger partial charge in [0.2, 0.25) is 0 Å². The largest absolute Gasteiger partial charge is 0.507 e. The first-order valence-electron chi connectivity index (χ1n) is 7.23. The molecule has 1 amide bonds. The number of aromatic hydroxyl groups is 1. The van der Waals surface area contributed by atoms with E-state index in [-0.39, 0.29) is 18.2 Å². The molecule has 2 aromatic rings. The van der Waals surface area contributed by atoms with Gasteiger partial charge >= 0.3 is 0 Å². The Kier molecular flexibility index (Phi) is 5.94. The maximum Gasteiger partial charge on any atom is 0.259 e. The van der Waals surface area contributed by atoms with E-state index in [0.717, 1.165) is 11.3 Å². The van der Waals surface area contributed by atoms with Gasteiger partial charge in [0.1, 0.15) is 5.75 Å². The van der Waals surface area contributed by atoms with Crippen LogP contribution in [0, 0.1) is 0 Å². The second-order valence-corrected chi connectivity index (χ2v) is 4.86. The van der Waals surface area contributed by atoms with Crippen LogP contribution in [-0.4, -0.2) is 23.8 Å². The number of hydrogen-bond acceptors (Lipinski definition) is 4. The zero-order valence-corrected chi connectivity index (χ0v) is 12.7. The molecule has 0 spiro atoms. The van der Waals surface area contributed by atoms with E-state index < -0.39 is 0 Å². The standard InChI is InChI=1S/C18H19N3O2/c1-2-7-14-8-6-9-15(18(14)23)12-20-21-17(22)13-19-16-10-4-3-5-11-16/h2-6,8-12,19,23H,1,7,13H2,(H,21,22)/b20-12+. The van der Waals surface area contributed by atoms with Crippen LogP contribution in [0.5, 0.6) is 5.75 Å². The smallest absolute Gasteiger partial charge is 0.259 e. The molecule has 0 atom stereocenters. The third-order valence-electron chi connectivity index (χ3n) is 3.13. The van der Waals surface area contributed by atoms with Crippen molar-refractivity contribution in [1.29, 1.82) is 0 Å². The quantitative estimate of drug-likeness (QED) is 0.418. The van der Waals surface area contributed by atoms with Crippen molar-refractivity contribution in [3.05, 3.63) is 72.3 Å². The van der Waals surface area contributed by atoms with Gasteiger partial charge in [-0.15, -0.1) is 6.58 Å². The zero-order chi connectivity index (χ0) is 16.5. The number of rotatable bonds is 7. The van der Waals surface area contributed by atoms with Crippen LogP contribution in [0.15, 0.2) is 66.3 Å². The van der Waals surface area contributed by atoms with Crippen molar-refractivity contribution in [2.75, 3.05) is 11.9 Å². The molecule has 0 saturated heterocycles. The molecule has 0 aliphatic heterocycles. The first-order valence-corrected chi connectivity index (χ1v) is 7.23. The summed E-state index contributed by atoms with van der Waals surface area (Å²) in [5, 5.41) is 16.9. The van der Waals surface area contributed by atoms with Gasteiger partial charge in [-0.3, -0.25) is 4.79 Å². The molecule has 0 aliphatic carbocycles. The van der Waals surface area contributed by atoms with Crippen LogP contribution in [0.4, 0.5) is 5.69 Å². The molecule has 0 fully saturated rings. The summed E-state index contributed by atoms with van der Waals surface area (Å²) in [6.07, 6.45) is 3.70. The normalized spacial score (nSPS) is 10.4. The molecule has 0 radical (unpaired) electrons. The molecule has 0 saturated carbocycles. The molecule has 0 aliphatic rings. The summed E-state index contributed by atoms with van der Waals surface area (Å²) in [6.45, 7) is 3.76. The maximum atomic E-state index is 11.7. The second-order valence-electron chi connectivity index (χ2n) is 4.86. The first-order chi connectivity index (χ1) is 11.2. The molecule has 5 heteroatoms. The number of phenols is 1. The summed E-state index contributed by atoms with van der Waals surface area (Å²) in [7, 11) is 0. The number of nitrogens with one attached hydrogen (secondary N) is 2. The van der Waals surface area contributed by atoms with Gasteiger partial charge in [-0.1, -0.05) is 36.4 Å². The van der Waals surface area contributed by atoms with Gasteiger partial charge < -0.3 is 10.4 Å². The van der Waals surface area contributed by atoms with Crippen LogP contribution < -0.4 is 10.7 Å². The van der Waals surface area contributed by atoms with Crippen molar-refractivity contribution in [2.24, 2.45) is 5.10 Å². The average Bonchev–Trinajstić information content (AvgIpc) is 2.57. The number of hydrazone groups is 1. The third-order valence-corrected chi connectivity index (χ3v) is 3.13. The van der Waals surface area contributed by atoms with Crippen LogP contribution in [0.1, 0.15) is 11.1 Å². The molecule has 118 valence electrons. The Bertz CT molecular complexity index is 697. The summed E-state index contributed by atoms with van der Waals surface area (Å²) in [5.41, 5.74) is 4.59. The fourth-order valence-electron chi connectivity index (χ4n) is 1.99. The lowest BCUT2D eigenvalue weighted by Crippen LogP contribution is -2.25. The summed E-state index contributed by atoms with van der Waals surface area (Å²) < 4.78 is 0. The number of anilines is 1. The number of benzene rings is 2. The van der Waals surface area contributed by atoms with Gasteiger partial charge in [-0.2, -0.15) is 5.10 Å². The number of nitrogens with zero attached hydrogens (tertiary/aromatic N) is 1. The Balaban J connectivity index is 1.87. The van der Waals surface area contributed by atoms with Gasteiger partial charge in [0.05, 0.1) is 12.8 Å². The molecule has 3 N–H and O–H groups in total. The van der Waals surface area contributed by atoms with E-state index >= 15 is 0 Å². The van der Waals surface area contributed by atoms with E-state index in [1.807, 2.05) is 42.5 Å². The number of para-hydroxylation sites is 2. The van der Waals surface area contributed by atoms with Gasteiger partial charge in [0, 0.05) is 11.3 Å². The van der Waals surface area contributed by atoms with Crippen LogP contribution >= 0.6 is 0 Å². The molecule has 2 rings (SSSR count). The van der Waals surface area contributed by atoms with Gasteiger partial charge in [0.25, 0.3) is 5.91 Å². The summed E-state index contributed by atoms with van der Waals surface area (Å²) in [5.74, 6) is -0.125. The average molecular weight is 309 g/mol. The minimum Gasteiger partial charge on any atom is -0.507 e. The summed E-state index contributed by atoms with van der Waals surface area (Å²) in [4.78, 5) is 11.7. The van der Waals surface area contributed by atoms with Crippen LogP contribution in [0.2, 0.25) is 0 Å². The molecular formula is C18H19N3O2. The molecule has 5 nitrogen and oxygen atoms in total. The maximum absolute atomic E-state index is 11.7. The molecule has 0 bridgehead atoms. The molecule has 0 unspecified atom stereocenters. The predicted molar refractivity (Wildman–Crippen MR) is 92.7 cm³/mol. The fraction of sp³-hybridized carbons (Fsp3) is 0.111. The van der Waals surface area contributed by atoms with E-state index in [9.17, 15) is 9.90 Å². The minimum atomic E-state index is -0.271. The van der Waals surface area contributed by atoms with E-state index in [0.29, 0.717) is 12.0 Å². The lowest BCUT2D eigenvalue weighted by atomic mass is 10.1. The highest BCUT2D eigenvalue weighted by Gasteiger charge is 2.04. The number of carbonyl (C=O) groups is 1. The van der Waals surface area contributed by atoms with Crippen molar-refractivity contribution in [3.8, 4) is 5.75 Å². The van der Waals surface area contributed by atoms with Crippen molar-refractivity contribution in [1.82, 2.24) is 5.43 Å². The molecule has 2 aromatic carbocycles. The molecule has 23 heavy (non-hydrogen) atoms. The Labute approximate surface area is 135 Å². The van der Waals surface area contributed by atoms with E-state index in [2.05, 4.69) is 22.4 Å². The highest BCUT2D eigenvalue weighted by atomic mass is 16.3. The molecule has 0 aromatic heterocycles. The van der Waals surface area contributed by atoms with Crippen LogP contribution in [0.3, 0.4) is 0 Å². The number of hydrogen-bond donors (Lipinski definition) is 3. The van der Waals surface area contributed by atoms with Crippen LogP contribution in [0.25, 0.3) is 0 Å². The van der Waals surface area contributed by atoms with Gasteiger partial charge in [-0.25, -0.2) is 5.43 Å². The lowest BCUT2D eigenvalue weighted by Gasteiger charge is -2.06. The fourth-order valence-corrected chi connectivity index (χ4v) is 1.99. The Morgan fingerprint density at radius 2 is 1.96 bits per heavy atom. The monoisotopic (exact) mass is 309 g/mol. The molecule has 0 heterocycles. The van der Waals surface area contributed by atoms with E-state index in [4.69, 9.17) is 0 Å². The Hall–Kier alpha value is -3.08. The van der Waals surface area contributed by atoms with Crippen molar-refractivity contribution in [2.45, 2.75) is 6.42 Å². The molecular weight excluding hydrogens is 290 g/mol. The lowest BCUT2D eigenvalue weighted by molar-refractivity contribution is -0.119. The zero-order valence-electron chi connectivity index (χ0n) is 12.7. The Morgan fingerprint density at radius 1 is 1.17 bits per heavy atom. The summed E-state index contributed by atoms with van der Waals surface area (Å²) >= 11 is 0.